The first-order chi connectivity index (χ1) is 14.8. The minimum absolute atomic E-state index is 0.0331. The molecule has 1 unspecified atom stereocenters. The number of amides is 2. The van der Waals surface area contributed by atoms with Gasteiger partial charge in [0.1, 0.15) is 5.82 Å². The number of aromatic nitrogens is 3. The molecule has 1 aromatic heterocycles. The van der Waals surface area contributed by atoms with Gasteiger partial charge in [-0.3, -0.25) is 9.59 Å². The van der Waals surface area contributed by atoms with E-state index < -0.39 is 17.8 Å². The van der Waals surface area contributed by atoms with Crippen LogP contribution in [0.25, 0.3) is 0 Å². The molecule has 0 radical (unpaired) electrons. The topological polar surface area (TPSA) is 88.9 Å². The number of halogens is 1. The molecule has 2 N–H and O–H groups in total. The molecule has 0 aliphatic carbocycles. The fourth-order valence-electron chi connectivity index (χ4n) is 3.02. The number of anilines is 1. The molecule has 2 amide bonds. The van der Waals surface area contributed by atoms with Gasteiger partial charge in [-0.05, 0) is 50.1 Å². The van der Waals surface area contributed by atoms with Gasteiger partial charge in [0.25, 0.3) is 5.91 Å². The van der Waals surface area contributed by atoms with Crippen LogP contribution < -0.4 is 10.6 Å². The van der Waals surface area contributed by atoms with Crippen LogP contribution in [0, 0.1) is 19.7 Å². The van der Waals surface area contributed by atoms with E-state index >= 15 is 0 Å². The minimum Gasteiger partial charge on any atom is -0.342 e. The highest BCUT2D eigenvalue weighted by molar-refractivity contribution is 7.99. The number of carbonyl (C=O) groups is 2. The van der Waals surface area contributed by atoms with Gasteiger partial charge in [0, 0.05) is 12.7 Å². The second kappa shape index (κ2) is 9.74. The van der Waals surface area contributed by atoms with Gasteiger partial charge < -0.3 is 15.2 Å². The Morgan fingerprint density at radius 1 is 1.13 bits per heavy atom. The lowest BCUT2D eigenvalue weighted by Crippen LogP contribution is -2.29. The molecule has 0 saturated heterocycles. The summed E-state index contributed by atoms with van der Waals surface area (Å²) in [4.78, 5) is 24.7. The molecular weight excluding hydrogens is 417 g/mol. The van der Waals surface area contributed by atoms with Crippen molar-refractivity contribution < 1.29 is 14.0 Å². The van der Waals surface area contributed by atoms with Crippen molar-refractivity contribution in [3.8, 4) is 0 Å². The van der Waals surface area contributed by atoms with Gasteiger partial charge in [0.05, 0.1) is 17.4 Å². The van der Waals surface area contributed by atoms with Crippen LogP contribution in [0.15, 0.2) is 47.6 Å². The van der Waals surface area contributed by atoms with E-state index in [-0.39, 0.29) is 17.2 Å². The van der Waals surface area contributed by atoms with Crippen molar-refractivity contribution in [2.24, 2.45) is 7.05 Å². The first kappa shape index (κ1) is 22.5. The summed E-state index contributed by atoms with van der Waals surface area (Å²) in [5.41, 5.74) is 2.89. The van der Waals surface area contributed by atoms with Crippen LogP contribution in [0.5, 0.6) is 0 Å². The molecule has 31 heavy (non-hydrogen) atoms. The smallest absolute Gasteiger partial charge is 0.254 e. The number of thioether (sulfide) groups is 1. The quantitative estimate of drug-likeness (QED) is 0.545. The summed E-state index contributed by atoms with van der Waals surface area (Å²) in [7, 11) is 1.76. The van der Waals surface area contributed by atoms with Crippen molar-refractivity contribution in [2.75, 3.05) is 11.1 Å². The third-order valence-corrected chi connectivity index (χ3v) is 5.95. The molecule has 3 rings (SSSR count). The van der Waals surface area contributed by atoms with Crippen molar-refractivity contribution in [1.82, 2.24) is 20.1 Å². The molecular formula is C22H24FN5O2S. The van der Waals surface area contributed by atoms with E-state index in [1.165, 1.54) is 30.0 Å². The molecule has 7 nitrogen and oxygen atoms in total. The molecule has 1 heterocycles. The van der Waals surface area contributed by atoms with Gasteiger partial charge in [-0.2, -0.15) is 0 Å². The maximum Gasteiger partial charge on any atom is 0.254 e. The van der Waals surface area contributed by atoms with Gasteiger partial charge in [-0.1, -0.05) is 36.0 Å². The molecule has 9 heteroatoms. The largest absolute Gasteiger partial charge is 0.342 e. The number of carbonyl (C=O) groups excluding carboxylic acids is 2. The Bertz CT molecular complexity index is 1120. The fourth-order valence-corrected chi connectivity index (χ4v) is 3.73. The molecule has 0 aliphatic heterocycles. The second-order valence-electron chi connectivity index (χ2n) is 7.16. The van der Waals surface area contributed by atoms with Crippen LogP contribution in [0.4, 0.5) is 10.1 Å². The Labute approximate surface area is 184 Å². The third-order valence-electron chi connectivity index (χ3n) is 4.93. The predicted molar refractivity (Wildman–Crippen MR) is 119 cm³/mol. The highest BCUT2D eigenvalue weighted by Crippen LogP contribution is 2.21. The van der Waals surface area contributed by atoms with E-state index in [1.54, 1.807) is 24.6 Å². The molecule has 162 valence electrons. The maximum absolute atomic E-state index is 13.8. The van der Waals surface area contributed by atoms with E-state index in [4.69, 9.17) is 0 Å². The van der Waals surface area contributed by atoms with Crippen molar-refractivity contribution in [3.63, 3.8) is 0 Å². The van der Waals surface area contributed by atoms with Gasteiger partial charge in [-0.25, -0.2) is 4.39 Å². The summed E-state index contributed by atoms with van der Waals surface area (Å²) in [6, 6.07) is 11.0. The van der Waals surface area contributed by atoms with Crippen molar-refractivity contribution in [2.45, 2.75) is 32.0 Å². The Morgan fingerprint density at radius 2 is 1.87 bits per heavy atom. The van der Waals surface area contributed by atoms with Gasteiger partial charge in [0.2, 0.25) is 5.91 Å². The molecule has 0 saturated carbocycles. The van der Waals surface area contributed by atoms with Crippen LogP contribution in [-0.2, 0) is 11.8 Å². The number of hydrogen-bond acceptors (Lipinski definition) is 5. The van der Waals surface area contributed by atoms with Gasteiger partial charge in [0.15, 0.2) is 11.0 Å². The van der Waals surface area contributed by atoms with Crippen LogP contribution in [0.2, 0.25) is 0 Å². The van der Waals surface area contributed by atoms with Gasteiger partial charge in [-0.15, -0.1) is 10.2 Å². The summed E-state index contributed by atoms with van der Waals surface area (Å²) in [5, 5.41) is 14.4. The summed E-state index contributed by atoms with van der Waals surface area (Å²) < 4.78 is 15.5. The van der Waals surface area contributed by atoms with Crippen LogP contribution in [-0.4, -0.2) is 32.3 Å². The summed E-state index contributed by atoms with van der Waals surface area (Å²) in [6.45, 7) is 5.70. The van der Waals surface area contributed by atoms with E-state index in [2.05, 4.69) is 20.8 Å². The minimum atomic E-state index is -0.587. The molecule has 3 aromatic rings. The lowest BCUT2D eigenvalue weighted by Gasteiger charge is -2.14. The molecule has 0 spiro atoms. The number of nitrogens with one attached hydrogen (secondary N) is 2. The number of hydrogen-bond donors (Lipinski definition) is 2. The molecule has 2 aromatic carbocycles. The van der Waals surface area contributed by atoms with Crippen LogP contribution in [0.1, 0.15) is 40.3 Å². The summed E-state index contributed by atoms with van der Waals surface area (Å²) >= 11 is 1.25. The zero-order chi connectivity index (χ0) is 22.5. The summed E-state index contributed by atoms with van der Waals surface area (Å²) in [6.07, 6.45) is 0. The molecule has 0 bridgehead atoms. The Balaban J connectivity index is 1.60. The standard InChI is InChI=1S/C22H24FN5O2S/c1-13-8-7-11-18(14(13)2)25-19(29)12-31-22-27-26-20(28(22)4)15(3)24-21(30)16-9-5-6-10-17(16)23/h5-11,15H,12H2,1-4H3,(H,24,30)(H,25,29). The number of nitrogens with zero attached hydrogens (tertiary/aromatic N) is 3. The Morgan fingerprint density at radius 3 is 2.61 bits per heavy atom. The first-order valence-corrected chi connectivity index (χ1v) is 10.7. The zero-order valence-corrected chi connectivity index (χ0v) is 18.6. The monoisotopic (exact) mass is 441 g/mol. The lowest BCUT2D eigenvalue weighted by atomic mass is 10.1. The number of benzene rings is 2. The van der Waals surface area contributed by atoms with Crippen molar-refractivity contribution in [3.05, 3.63) is 70.8 Å². The highest BCUT2D eigenvalue weighted by atomic mass is 32.2. The van der Waals surface area contributed by atoms with E-state index in [0.717, 1.165) is 16.8 Å². The lowest BCUT2D eigenvalue weighted by molar-refractivity contribution is -0.113. The summed E-state index contributed by atoms with van der Waals surface area (Å²) in [5.74, 6) is -0.603. The maximum atomic E-state index is 13.8. The van der Waals surface area contributed by atoms with E-state index in [9.17, 15) is 14.0 Å². The second-order valence-corrected chi connectivity index (χ2v) is 8.10. The normalized spacial score (nSPS) is 11.8. The fraction of sp³-hybridized carbons (Fsp3) is 0.273. The predicted octanol–water partition coefficient (Wildman–Crippen LogP) is 3.79. The third kappa shape index (κ3) is 5.29. The van der Waals surface area contributed by atoms with Crippen molar-refractivity contribution in [1.29, 1.82) is 0 Å². The average Bonchev–Trinajstić information content (AvgIpc) is 3.10. The molecule has 1 atom stereocenters. The van der Waals surface area contributed by atoms with Gasteiger partial charge >= 0.3 is 0 Å². The SMILES string of the molecule is Cc1cccc(NC(=O)CSc2nnc(C(C)NC(=O)c3ccccc3F)n2C)c1C. The average molecular weight is 442 g/mol. The number of aryl methyl sites for hydroxylation is 1. The Kier molecular flexibility index (Phi) is 7.06. The van der Waals surface area contributed by atoms with Crippen molar-refractivity contribution >= 4 is 29.3 Å². The highest BCUT2D eigenvalue weighted by Gasteiger charge is 2.20. The van der Waals surface area contributed by atoms with E-state index in [1.807, 2.05) is 32.0 Å². The first-order valence-electron chi connectivity index (χ1n) is 9.71. The van der Waals surface area contributed by atoms with E-state index in [0.29, 0.717) is 11.0 Å². The molecule has 0 aliphatic rings. The Hall–Kier alpha value is -3.20. The van der Waals surface area contributed by atoms with Crippen LogP contribution >= 0.6 is 11.8 Å². The van der Waals surface area contributed by atoms with Crippen LogP contribution in [0.3, 0.4) is 0 Å². The molecule has 0 fully saturated rings. The zero-order valence-electron chi connectivity index (χ0n) is 17.8. The number of rotatable bonds is 7.